The van der Waals surface area contributed by atoms with Crippen molar-refractivity contribution in [3.05, 3.63) is 12.2 Å². The lowest BCUT2D eigenvalue weighted by Gasteiger charge is -1.92. The lowest BCUT2D eigenvalue weighted by atomic mass is 10.2. The maximum Gasteiger partial charge on any atom is 0.243 e. The maximum absolute atomic E-state index is 10.5. The normalized spacial score (nSPS) is 10.7. The van der Waals surface area contributed by atoms with E-state index in [1.54, 1.807) is 13.1 Å². The van der Waals surface area contributed by atoms with Gasteiger partial charge in [0.05, 0.1) is 0 Å². The number of rotatable bonds is 2. The Morgan fingerprint density at radius 3 is 2.44 bits per heavy atom. The molecule has 0 bridgehead atoms. The van der Waals surface area contributed by atoms with Crippen LogP contribution in [0.25, 0.3) is 0 Å². The van der Waals surface area contributed by atoms with Crippen molar-refractivity contribution in [2.75, 3.05) is 7.05 Å². The third-order valence-electron chi connectivity index (χ3n) is 0.879. The molecule has 2 heteroatoms. The third kappa shape index (κ3) is 5.07. The lowest BCUT2D eigenvalue weighted by molar-refractivity contribution is -0.116. The molecule has 0 aromatic rings. The Hall–Kier alpha value is -0.790. The van der Waals surface area contributed by atoms with Gasteiger partial charge in [-0.1, -0.05) is 19.9 Å². The first-order valence-corrected chi connectivity index (χ1v) is 3.06. The first-order chi connectivity index (χ1) is 4.16. The molecule has 1 N–H and O–H groups in total. The number of amides is 1. The highest BCUT2D eigenvalue weighted by Gasteiger charge is 1.88. The van der Waals surface area contributed by atoms with Crippen LogP contribution < -0.4 is 5.32 Å². The minimum atomic E-state index is -0.0382. The summed E-state index contributed by atoms with van der Waals surface area (Å²) in [6.45, 7) is 4.05. The standard InChI is InChI=1S/C7H13NO/c1-6(2)4-5-7(9)8-3/h4-6H,1-3H3,(H,8,9). The Morgan fingerprint density at radius 2 is 2.11 bits per heavy atom. The topological polar surface area (TPSA) is 29.1 Å². The number of carbonyl (C=O) groups is 1. The van der Waals surface area contributed by atoms with Gasteiger partial charge in [0.2, 0.25) is 5.91 Å². The van der Waals surface area contributed by atoms with Gasteiger partial charge in [0, 0.05) is 7.05 Å². The van der Waals surface area contributed by atoms with Gasteiger partial charge in [-0.2, -0.15) is 0 Å². The van der Waals surface area contributed by atoms with Gasteiger partial charge in [0.15, 0.2) is 0 Å². The molecule has 0 radical (unpaired) electrons. The van der Waals surface area contributed by atoms with Crippen LogP contribution in [0, 0.1) is 5.92 Å². The fraction of sp³-hybridized carbons (Fsp3) is 0.571. The SMILES string of the molecule is CNC(=O)C=CC(C)C. The fourth-order valence-corrected chi connectivity index (χ4v) is 0.363. The largest absolute Gasteiger partial charge is 0.356 e. The highest BCUT2D eigenvalue weighted by atomic mass is 16.1. The molecule has 9 heavy (non-hydrogen) atoms. The monoisotopic (exact) mass is 127 g/mol. The number of hydrogen-bond acceptors (Lipinski definition) is 1. The van der Waals surface area contributed by atoms with E-state index in [2.05, 4.69) is 5.32 Å². The van der Waals surface area contributed by atoms with E-state index >= 15 is 0 Å². The van der Waals surface area contributed by atoms with Crippen LogP contribution in [0.2, 0.25) is 0 Å². The van der Waals surface area contributed by atoms with Crippen molar-refractivity contribution in [1.82, 2.24) is 5.32 Å². The van der Waals surface area contributed by atoms with E-state index < -0.39 is 0 Å². The first kappa shape index (κ1) is 8.21. The van der Waals surface area contributed by atoms with E-state index in [1.165, 1.54) is 0 Å². The van der Waals surface area contributed by atoms with Gasteiger partial charge in [0.1, 0.15) is 0 Å². The van der Waals surface area contributed by atoms with Crippen molar-refractivity contribution in [1.29, 1.82) is 0 Å². The zero-order valence-corrected chi connectivity index (χ0v) is 6.14. The molecule has 0 aliphatic heterocycles. The van der Waals surface area contributed by atoms with Gasteiger partial charge in [-0.3, -0.25) is 4.79 Å². The van der Waals surface area contributed by atoms with Crippen LogP contribution in [0.15, 0.2) is 12.2 Å². The van der Waals surface area contributed by atoms with Gasteiger partial charge in [-0.25, -0.2) is 0 Å². The molecular formula is C7H13NO. The van der Waals surface area contributed by atoms with E-state index in [0.29, 0.717) is 5.92 Å². The number of carbonyl (C=O) groups excluding carboxylic acids is 1. The second-order valence-corrected chi connectivity index (χ2v) is 2.22. The van der Waals surface area contributed by atoms with Gasteiger partial charge >= 0.3 is 0 Å². The van der Waals surface area contributed by atoms with Crippen LogP contribution >= 0.6 is 0 Å². The molecule has 0 unspecified atom stereocenters. The lowest BCUT2D eigenvalue weighted by Crippen LogP contribution is -2.14. The molecule has 0 saturated heterocycles. The minimum absolute atomic E-state index is 0.0382. The summed E-state index contributed by atoms with van der Waals surface area (Å²) in [4.78, 5) is 10.5. The molecule has 0 spiro atoms. The Balaban J connectivity index is 3.57. The van der Waals surface area contributed by atoms with Crippen LogP contribution in [-0.4, -0.2) is 13.0 Å². The number of nitrogens with one attached hydrogen (secondary N) is 1. The Labute approximate surface area is 56.0 Å². The number of likely N-dealkylation sites (N-methyl/N-ethyl adjacent to an activating group) is 1. The summed E-state index contributed by atoms with van der Waals surface area (Å²) >= 11 is 0. The molecule has 0 aromatic carbocycles. The summed E-state index contributed by atoms with van der Waals surface area (Å²) in [6, 6.07) is 0. The molecule has 1 amide bonds. The van der Waals surface area contributed by atoms with Crippen molar-refractivity contribution < 1.29 is 4.79 Å². The van der Waals surface area contributed by atoms with Crippen molar-refractivity contribution in [2.24, 2.45) is 5.92 Å². The smallest absolute Gasteiger partial charge is 0.243 e. The van der Waals surface area contributed by atoms with E-state index in [9.17, 15) is 4.79 Å². The van der Waals surface area contributed by atoms with Gasteiger partial charge < -0.3 is 5.32 Å². The number of allylic oxidation sites excluding steroid dienone is 1. The van der Waals surface area contributed by atoms with Crippen molar-refractivity contribution in [3.63, 3.8) is 0 Å². The molecule has 0 atom stereocenters. The minimum Gasteiger partial charge on any atom is -0.356 e. The average Bonchev–Trinajstić information content (AvgIpc) is 1.83. The molecule has 0 aliphatic rings. The van der Waals surface area contributed by atoms with Crippen molar-refractivity contribution >= 4 is 5.91 Å². The van der Waals surface area contributed by atoms with Crippen molar-refractivity contribution in [3.8, 4) is 0 Å². The molecule has 0 aliphatic carbocycles. The average molecular weight is 127 g/mol. The molecule has 0 rings (SSSR count). The Bertz CT molecular complexity index is 116. The highest BCUT2D eigenvalue weighted by Crippen LogP contribution is 1.91. The maximum atomic E-state index is 10.5. The van der Waals surface area contributed by atoms with Crippen LogP contribution in [0.4, 0.5) is 0 Å². The second-order valence-electron chi connectivity index (χ2n) is 2.22. The summed E-state index contributed by atoms with van der Waals surface area (Å²) in [5.41, 5.74) is 0. The van der Waals surface area contributed by atoms with Crippen LogP contribution in [0.3, 0.4) is 0 Å². The molecule has 52 valence electrons. The van der Waals surface area contributed by atoms with Gasteiger partial charge in [0.25, 0.3) is 0 Å². The molecule has 0 heterocycles. The quantitative estimate of drug-likeness (QED) is 0.550. The predicted molar refractivity (Wildman–Crippen MR) is 38.0 cm³/mol. The zero-order chi connectivity index (χ0) is 7.28. The first-order valence-electron chi connectivity index (χ1n) is 3.06. The third-order valence-corrected chi connectivity index (χ3v) is 0.879. The molecule has 0 aromatic heterocycles. The molecular weight excluding hydrogens is 114 g/mol. The Kier molecular flexibility index (Phi) is 3.76. The Morgan fingerprint density at radius 1 is 1.56 bits per heavy atom. The summed E-state index contributed by atoms with van der Waals surface area (Å²) in [5, 5.41) is 2.49. The molecule has 0 saturated carbocycles. The van der Waals surface area contributed by atoms with E-state index in [0.717, 1.165) is 0 Å². The van der Waals surface area contributed by atoms with Crippen LogP contribution in [0.1, 0.15) is 13.8 Å². The molecule has 2 nitrogen and oxygen atoms in total. The van der Waals surface area contributed by atoms with E-state index in [-0.39, 0.29) is 5.91 Å². The van der Waals surface area contributed by atoms with Crippen LogP contribution in [-0.2, 0) is 4.79 Å². The van der Waals surface area contributed by atoms with Gasteiger partial charge in [-0.05, 0) is 12.0 Å². The zero-order valence-electron chi connectivity index (χ0n) is 6.14. The molecule has 0 fully saturated rings. The van der Waals surface area contributed by atoms with E-state index in [1.807, 2.05) is 19.9 Å². The summed E-state index contributed by atoms with van der Waals surface area (Å²) in [7, 11) is 1.62. The van der Waals surface area contributed by atoms with E-state index in [4.69, 9.17) is 0 Å². The summed E-state index contributed by atoms with van der Waals surface area (Å²) in [5.74, 6) is 0.408. The predicted octanol–water partition coefficient (Wildman–Crippen LogP) is 0.945. The second kappa shape index (κ2) is 4.13. The number of hydrogen-bond donors (Lipinski definition) is 1. The summed E-state index contributed by atoms with van der Waals surface area (Å²) < 4.78 is 0. The van der Waals surface area contributed by atoms with Crippen LogP contribution in [0.5, 0.6) is 0 Å². The van der Waals surface area contributed by atoms with Gasteiger partial charge in [-0.15, -0.1) is 0 Å². The van der Waals surface area contributed by atoms with Crippen molar-refractivity contribution in [2.45, 2.75) is 13.8 Å². The summed E-state index contributed by atoms with van der Waals surface area (Å²) in [6.07, 6.45) is 3.41. The highest BCUT2D eigenvalue weighted by molar-refractivity contribution is 5.87. The fourth-order valence-electron chi connectivity index (χ4n) is 0.363.